The molecule has 2 aromatic rings. The first-order valence-corrected chi connectivity index (χ1v) is 9.80. The molecule has 29 heavy (non-hydrogen) atoms. The van der Waals surface area contributed by atoms with Gasteiger partial charge in [0, 0.05) is 32.3 Å². The Morgan fingerprint density at radius 3 is 2.62 bits per heavy atom. The Labute approximate surface area is 169 Å². The summed E-state index contributed by atoms with van der Waals surface area (Å²) in [6.07, 6.45) is 5.85. The molecule has 1 unspecified atom stereocenters. The fourth-order valence-electron chi connectivity index (χ4n) is 3.74. The number of hydrogen-bond donors (Lipinski definition) is 1. The third-order valence-electron chi connectivity index (χ3n) is 5.21. The molecule has 1 aliphatic heterocycles. The second-order valence-electron chi connectivity index (χ2n) is 7.31. The molecular formula is C21H26N4O4. The highest BCUT2D eigenvalue weighted by atomic mass is 16.4. The summed E-state index contributed by atoms with van der Waals surface area (Å²) in [5.74, 6) is -1.25. The number of benzene rings is 1. The molecule has 1 atom stereocenters. The van der Waals surface area contributed by atoms with Crippen LogP contribution in [0.2, 0.25) is 0 Å². The monoisotopic (exact) mass is 398 g/mol. The van der Waals surface area contributed by atoms with Crippen LogP contribution >= 0.6 is 0 Å². The Bertz CT molecular complexity index is 865. The summed E-state index contributed by atoms with van der Waals surface area (Å²) in [5.41, 5.74) is 1.78. The van der Waals surface area contributed by atoms with Crippen LogP contribution in [0, 0.1) is 0 Å². The van der Waals surface area contributed by atoms with Gasteiger partial charge in [-0.3, -0.25) is 14.4 Å². The molecule has 1 fully saturated rings. The van der Waals surface area contributed by atoms with E-state index in [0.29, 0.717) is 25.9 Å². The van der Waals surface area contributed by atoms with E-state index in [1.54, 1.807) is 15.8 Å². The van der Waals surface area contributed by atoms with Crippen molar-refractivity contribution in [2.75, 3.05) is 19.6 Å². The predicted octanol–water partition coefficient (Wildman–Crippen LogP) is 1.73. The molecule has 8 heteroatoms. The highest BCUT2D eigenvalue weighted by molar-refractivity contribution is 5.80. The van der Waals surface area contributed by atoms with Crippen molar-refractivity contribution in [3.05, 3.63) is 48.3 Å². The van der Waals surface area contributed by atoms with Crippen LogP contribution in [-0.2, 0) is 20.8 Å². The van der Waals surface area contributed by atoms with Gasteiger partial charge < -0.3 is 14.9 Å². The zero-order valence-electron chi connectivity index (χ0n) is 16.5. The summed E-state index contributed by atoms with van der Waals surface area (Å²) in [5, 5.41) is 13.4. The third kappa shape index (κ3) is 5.43. The van der Waals surface area contributed by atoms with Gasteiger partial charge in [0.05, 0.1) is 18.3 Å². The van der Waals surface area contributed by atoms with Gasteiger partial charge >= 0.3 is 5.97 Å². The number of carbonyl (C=O) groups is 3. The summed E-state index contributed by atoms with van der Waals surface area (Å²) >= 11 is 0. The smallest absolute Gasteiger partial charge is 0.323 e. The summed E-state index contributed by atoms with van der Waals surface area (Å²) in [6.45, 7) is 2.22. The summed E-state index contributed by atoms with van der Waals surface area (Å²) < 4.78 is 1.75. The molecule has 154 valence electrons. The van der Waals surface area contributed by atoms with Crippen LogP contribution in [0.25, 0.3) is 5.69 Å². The van der Waals surface area contributed by atoms with Gasteiger partial charge in [0.2, 0.25) is 11.8 Å². The maximum Gasteiger partial charge on any atom is 0.323 e. The number of carboxylic acid groups (broad SMARTS) is 1. The van der Waals surface area contributed by atoms with E-state index in [4.69, 9.17) is 5.11 Å². The van der Waals surface area contributed by atoms with Gasteiger partial charge in [-0.25, -0.2) is 4.68 Å². The van der Waals surface area contributed by atoms with Crippen molar-refractivity contribution in [3.63, 3.8) is 0 Å². The fourth-order valence-corrected chi connectivity index (χ4v) is 3.74. The Morgan fingerprint density at radius 2 is 1.93 bits per heavy atom. The van der Waals surface area contributed by atoms with Crippen molar-refractivity contribution in [2.45, 2.75) is 38.6 Å². The molecule has 0 radical (unpaired) electrons. The van der Waals surface area contributed by atoms with Crippen LogP contribution in [0.1, 0.15) is 31.7 Å². The summed E-state index contributed by atoms with van der Waals surface area (Å²) in [6, 6.07) is 9.56. The average molecular weight is 398 g/mol. The van der Waals surface area contributed by atoms with Crippen LogP contribution in [0.4, 0.5) is 0 Å². The van der Waals surface area contributed by atoms with Crippen LogP contribution in [0.3, 0.4) is 0 Å². The van der Waals surface area contributed by atoms with Gasteiger partial charge in [0.15, 0.2) is 0 Å². The first kappa shape index (κ1) is 20.6. The highest BCUT2D eigenvalue weighted by Crippen LogP contribution is 2.18. The van der Waals surface area contributed by atoms with E-state index in [9.17, 15) is 14.4 Å². The number of hydrogen-bond acceptors (Lipinski definition) is 4. The van der Waals surface area contributed by atoms with E-state index in [0.717, 1.165) is 17.7 Å². The number of amides is 2. The number of para-hydroxylation sites is 1. The zero-order valence-corrected chi connectivity index (χ0v) is 16.5. The molecule has 2 heterocycles. The average Bonchev–Trinajstić information content (AvgIpc) is 3.02. The lowest BCUT2D eigenvalue weighted by Gasteiger charge is -2.28. The molecule has 8 nitrogen and oxygen atoms in total. The topological polar surface area (TPSA) is 95.7 Å². The zero-order chi connectivity index (χ0) is 20.8. The summed E-state index contributed by atoms with van der Waals surface area (Å²) in [4.78, 5) is 38.9. The number of aromatic nitrogens is 2. The Morgan fingerprint density at radius 1 is 1.17 bits per heavy atom. The molecule has 1 N–H and O–H groups in total. The van der Waals surface area contributed by atoms with Gasteiger partial charge in [-0.2, -0.15) is 5.10 Å². The molecule has 3 rings (SSSR count). The molecule has 0 bridgehead atoms. The second kappa shape index (κ2) is 9.36. The van der Waals surface area contributed by atoms with E-state index in [1.165, 1.54) is 11.8 Å². The van der Waals surface area contributed by atoms with Gasteiger partial charge in [0.1, 0.15) is 6.54 Å². The third-order valence-corrected chi connectivity index (χ3v) is 5.21. The Balaban J connectivity index is 1.59. The first-order valence-electron chi connectivity index (χ1n) is 9.80. The maximum absolute atomic E-state index is 12.8. The quantitative estimate of drug-likeness (QED) is 0.800. The lowest BCUT2D eigenvalue weighted by Crippen LogP contribution is -2.43. The standard InChI is InChI=1S/C21H26N4O4/c1-16(26)24(15-21(28)29)18-8-5-10-23(11-9-18)20(27)12-17-13-22-25(14-17)19-6-3-2-4-7-19/h2-4,6-7,13-14,18H,5,8-12,15H2,1H3,(H,28,29). The normalized spacial score (nSPS) is 16.9. The number of nitrogens with zero attached hydrogens (tertiary/aromatic N) is 4. The number of aliphatic carboxylic acids is 1. The predicted molar refractivity (Wildman–Crippen MR) is 107 cm³/mol. The molecule has 0 spiro atoms. The molecular weight excluding hydrogens is 372 g/mol. The SMILES string of the molecule is CC(=O)N(CC(=O)O)C1CCCN(C(=O)Cc2cnn(-c3ccccc3)c2)CC1. The Hall–Kier alpha value is -3.16. The number of carboxylic acids is 1. The molecule has 1 aliphatic rings. The van der Waals surface area contributed by atoms with Gasteiger partial charge in [-0.15, -0.1) is 0 Å². The van der Waals surface area contributed by atoms with E-state index in [-0.39, 0.29) is 30.8 Å². The van der Waals surface area contributed by atoms with E-state index < -0.39 is 5.97 Å². The second-order valence-corrected chi connectivity index (χ2v) is 7.31. The number of likely N-dealkylation sites (tertiary alicyclic amines) is 1. The Kier molecular flexibility index (Phi) is 6.64. The van der Waals surface area contributed by atoms with E-state index in [2.05, 4.69) is 5.10 Å². The van der Waals surface area contributed by atoms with Crippen molar-refractivity contribution in [3.8, 4) is 5.69 Å². The molecule has 0 aliphatic carbocycles. The van der Waals surface area contributed by atoms with Crippen molar-refractivity contribution in [1.29, 1.82) is 0 Å². The van der Waals surface area contributed by atoms with Crippen LogP contribution in [0.5, 0.6) is 0 Å². The molecule has 2 amide bonds. The van der Waals surface area contributed by atoms with Crippen LogP contribution in [0.15, 0.2) is 42.7 Å². The van der Waals surface area contributed by atoms with Crippen LogP contribution < -0.4 is 0 Å². The fraction of sp³-hybridized carbons (Fsp3) is 0.429. The van der Waals surface area contributed by atoms with Crippen LogP contribution in [-0.4, -0.2) is 68.1 Å². The molecule has 1 aromatic carbocycles. The van der Waals surface area contributed by atoms with Gasteiger partial charge in [0.25, 0.3) is 0 Å². The molecule has 1 saturated heterocycles. The maximum atomic E-state index is 12.8. The number of rotatable bonds is 6. The van der Waals surface area contributed by atoms with Crippen molar-refractivity contribution < 1.29 is 19.5 Å². The lowest BCUT2D eigenvalue weighted by molar-refractivity contribution is -0.145. The number of carbonyl (C=O) groups excluding carboxylic acids is 2. The van der Waals surface area contributed by atoms with E-state index >= 15 is 0 Å². The minimum absolute atomic E-state index is 0.0193. The van der Waals surface area contributed by atoms with E-state index in [1.807, 2.05) is 36.5 Å². The molecule has 1 aromatic heterocycles. The van der Waals surface area contributed by atoms with Gasteiger partial charge in [-0.1, -0.05) is 18.2 Å². The van der Waals surface area contributed by atoms with Crippen molar-refractivity contribution in [1.82, 2.24) is 19.6 Å². The largest absolute Gasteiger partial charge is 0.480 e. The molecule has 0 saturated carbocycles. The highest BCUT2D eigenvalue weighted by Gasteiger charge is 2.27. The lowest BCUT2D eigenvalue weighted by atomic mass is 10.1. The minimum Gasteiger partial charge on any atom is -0.480 e. The summed E-state index contributed by atoms with van der Waals surface area (Å²) in [7, 11) is 0. The van der Waals surface area contributed by atoms with Crippen molar-refractivity contribution in [2.24, 2.45) is 0 Å². The van der Waals surface area contributed by atoms with Crippen molar-refractivity contribution >= 4 is 17.8 Å². The van der Waals surface area contributed by atoms with Gasteiger partial charge in [-0.05, 0) is 37.0 Å². The first-order chi connectivity index (χ1) is 13.9. The minimum atomic E-state index is -1.02.